The minimum absolute atomic E-state index is 0.0237. The molecule has 160 valence electrons. The highest BCUT2D eigenvalue weighted by molar-refractivity contribution is 7.09. The molecule has 1 atom stereocenters. The summed E-state index contributed by atoms with van der Waals surface area (Å²) in [6.45, 7) is 6.34. The molecule has 7 nitrogen and oxygen atoms in total. The van der Waals surface area contributed by atoms with Gasteiger partial charge in [-0.1, -0.05) is 12.1 Å². The summed E-state index contributed by atoms with van der Waals surface area (Å²) < 4.78 is 7.22. The number of methoxy groups -OCH3 is 1. The molecule has 1 aromatic carbocycles. The van der Waals surface area contributed by atoms with Gasteiger partial charge in [0.2, 0.25) is 0 Å². The first-order chi connectivity index (χ1) is 14.6. The highest BCUT2D eigenvalue weighted by Crippen LogP contribution is 2.21. The van der Waals surface area contributed by atoms with Gasteiger partial charge in [-0.05, 0) is 44.0 Å². The molecule has 2 aromatic heterocycles. The van der Waals surface area contributed by atoms with E-state index in [2.05, 4.69) is 56.9 Å². The van der Waals surface area contributed by atoms with Gasteiger partial charge in [-0.25, -0.2) is 9.67 Å². The summed E-state index contributed by atoms with van der Waals surface area (Å²) in [7, 11) is 3.75. The molecule has 0 aliphatic heterocycles. The molecule has 3 rings (SSSR count). The number of aliphatic imine (C=N–C) groups is 1. The van der Waals surface area contributed by atoms with Gasteiger partial charge in [0.15, 0.2) is 5.96 Å². The number of thiazole rings is 1. The van der Waals surface area contributed by atoms with Crippen molar-refractivity contribution in [2.45, 2.75) is 32.9 Å². The van der Waals surface area contributed by atoms with Crippen LogP contribution in [0.2, 0.25) is 0 Å². The summed E-state index contributed by atoms with van der Waals surface area (Å²) in [5.41, 5.74) is 3.35. The van der Waals surface area contributed by atoms with Crippen LogP contribution >= 0.6 is 11.3 Å². The van der Waals surface area contributed by atoms with Crippen molar-refractivity contribution in [3.05, 3.63) is 64.4 Å². The lowest BCUT2D eigenvalue weighted by Gasteiger charge is -2.21. The monoisotopic (exact) mass is 426 g/mol. The molecular formula is C22H30N6OS. The van der Waals surface area contributed by atoms with Gasteiger partial charge in [0.05, 0.1) is 17.9 Å². The molecule has 0 spiro atoms. The van der Waals surface area contributed by atoms with Crippen LogP contribution in [-0.4, -0.2) is 52.9 Å². The van der Waals surface area contributed by atoms with E-state index in [1.807, 2.05) is 30.9 Å². The van der Waals surface area contributed by atoms with Crippen LogP contribution in [0.15, 0.2) is 53.1 Å². The van der Waals surface area contributed by atoms with Gasteiger partial charge in [-0.3, -0.25) is 4.99 Å². The van der Waals surface area contributed by atoms with Crippen molar-refractivity contribution in [2.75, 3.05) is 27.2 Å². The lowest BCUT2D eigenvalue weighted by molar-refractivity contribution is 0.119. The van der Waals surface area contributed by atoms with Gasteiger partial charge >= 0.3 is 0 Å². The first kappa shape index (κ1) is 22.0. The highest BCUT2D eigenvalue weighted by atomic mass is 32.1. The maximum atomic E-state index is 5.36. The molecule has 0 fully saturated rings. The van der Waals surface area contributed by atoms with Crippen LogP contribution in [0.1, 0.15) is 36.2 Å². The Kier molecular flexibility index (Phi) is 7.98. The average Bonchev–Trinajstić information content (AvgIpc) is 3.45. The largest absolute Gasteiger partial charge is 0.375 e. The zero-order valence-electron chi connectivity index (χ0n) is 18.1. The number of hydrogen-bond acceptors (Lipinski definition) is 5. The predicted molar refractivity (Wildman–Crippen MR) is 122 cm³/mol. The van der Waals surface area contributed by atoms with Crippen LogP contribution in [0, 0.1) is 0 Å². The molecule has 0 saturated heterocycles. The summed E-state index contributed by atoms with van der Waals surface area (Å²) in [6, 6.07) is 10.4. The Bertz CT molecular complexity index is 920. The van der Waals surface area contributed by atoms with E-state index in [1.54, 1.807) is 24.6 Å². The number of ether oxygens (including phenoxy) is 1. The molecule has 1 N–H and O–H groups in total. The average molecular weight is 427 g/mol. The van der Waals surface area contributed by atoms with Crippen molar-refractivity contribution in [3.8, 4) is 5.69 Å². The molecule has 0 amide bonds. The number of aromatic nitrogens is 3. The molecule has 0 aliphatic rings. The predicted octanol–water partition coefficient (Wildman–Crippen LogP) is 3.68. The number of rotatable bonds is 9. The van der Waals surface area contributed by atoms with Crippen LogP contribution in [-0.2, 0) is 17.7 Å². The van der Waals surface area contributed by atoms with Crippen molar-refractivity contribution < 1.29 is 4.74 Å². The summed E-state index contributed by atoms with van der Waals surface area (Å²) >= 11 is 1.64. The molecule has 3 aromatic rings. The lowest BCUT2D eigenvalue weighted by atomic mass is 10.1. The molecular weight excluding hydrogens is 396 g/mol. The van der Waals surface area contributed by atoms with Gasteiger partial charge in [0.25, 0.3) is 0 Å². The molecule has 0 saturated carbocycles. The van der Waals surface area contributed by atoms with Crippen molar-refractivity contribution in [1.82, 2.24) is 25.0 Å². The number of nitrogens with one attached hydrogen (secondary N) is 1. The topological polar surface area (TPSA) is 67.6 Å². The second-order valence-corrected chi connectivity index (χ2v) is 7.90. The minimum atomic E-state index is 0.0237. The Morgan fingerprint density at radius 3 is 2.80 bits per heavy atom. The third kappa shape index (κ3) is 5.90. The van der Waals surface area contributed by atoms with Gasteiger partial charge < -0.3 is 15.0 Å². The van der Waals surface area contributed by atoms with E-state index in [1.165, 1.54) is 5.56 Å². The maximum Gasteiger partial charge on any atom is 0.194 e. The van der Waals surface area contributed by atoms with E-state index < -0.39 is 0 Å². The second-order valence-electron chi connectivity index (χ2n) is 7.01. The fraction of sp³-hybridized carbons (Fsp3) is 0.409. The van der Waals surface area contributed by atoms with E-state index in [0.29, 0.717) is 6.54 Å². The Balaban J connectivity index is 1.57. The van der Waals surface area contributed by atoms with Crippen LogP contribution in [0.3, 0.4) is 0 Å². The molecule has 30 heavy (non-hydrogen) atoms. The first-order valence-electron chi connectivity index (χ1n) is 10.2. The Morgan fingerprint density at radius 1 is 1.33 bits per heavy atom. The van der Waals surface area contributed by atoms with E-state index in [-0.39, 0.29) is 6.10 Å². The SMILES string of the molecule is CCNC(=NCCc1ccc(-n2cccn2)cc1)N(C)Cc1csc(C(C)OC)n1. The minimum Gasteiger partial charge on any atom is -0.375 e. The normalized spacial score (nSPS) is 12.7. The molecule has 2 heterocycles. The second kappa shape index (κ2) is 10.9. The van der Waals surface area contributed by atoms with Crippen LogP contribution < -0.4 is 5.32 Å². The fourth-order valence-corrected chi connectivity index (χ4v) is 3.84. The zero-order valence-corrected chi connectivity index (χ0v) is 18.9. The summed E-state index contributed by atoms with van der Waals surface area (Å²) in [4.78, 5) is 11.6. The highest BCUT2D eigenvalue weighted by Gasteiger charge is 2.12. The maximum absolute atomic E-state index is 5.36. The third-order valence-electron chi connectivity index (χ3n) is 4.73. The number of benzene rings is 1. The van der Waals surface area contributed by atoms with E-state index in [9.17, 15) is 0 Å². The van der Waals surface area contributed by atoms with Crippen molar-refractivity contribution in [1.29, 1.82) is 0 Å². The van der Waals surface area contributed by atoms with Crippen LogP contribution in [0.25, 0.3) is 5.69 Å². The lowest BCUT2D eigenvalue weighted by Crippen LogP contribution is -2.38. The van der Waals surface area contributed by atoms with Gasteiger partial charge in [-0.2, -0.15) is 5.10 Å². The van der Waals surface area contributed by atoms with Gasteiger partial charge in [0, 0.05) is 45.0 Å². The van der Waals surface area contributed by atoms with Crippen molar-refractivity contribution in [3.63, 3.8) is 0 Å². The molecule has 0 aliphatic carbocycles. The quantitative estimate of drug-likeness (QED) is 0.418. The fourth-order valence-electron chi connectivity index (χ4n) is 3.00. The number of hydrogen-bond donors (Lipinski definition) is 1. The molecule has 0 bridgehead atoms. The number of nitrogens with zero attached hydrogens (tertiary/aromatic N) is 5. The smallest absolute Gasteiger partial charge is 0.194 e. The van der Waals surface area contributed by atoms with Crippen molar-refractivity contribution in [2.24, 2.45) is 4.99 Å². The summed E-state index contributed by atoms with van der Waals surface area (Å²) in [6.07, 6.45) is 4.63. The summed E-state index contributed by atoms with van der Waals surface area (Å²) in [5.74, 6) is 0.889. The molecule has 1 unspecified atom stereocenters. The Morgan fingerprint density at radius 2 is 2.13 bits per heavy atom. The van der Waals surface area contributed by atoms with E-state index >= 15 is 0 Å². The van der Waals surface area contributed by atoms with Crippen molar-refractivity contribution >= 4 is 17.3 Å². The van der Waals surface area contributed by atoms with Crippen LogP contribution in [0.4, 0.5) is 0 Å². The van der Waals surface area contributed by atoms with E-state index in [0.717, 1.165) is 41.9 Å². The standard InChI is InChI=1S/C22H30N6OS/c1-5-23-22(27(3)15-19-16-30-21(26-19)17(2)29-4)24-13-11-18-7-9-20(10-8-18)28-14-6-12-25-28/h6-10,12,14,16-17H,5,11,13,15H2,1-4H3,(H,23,24). The summed E-state index contributed by atoms with van der Waals surface area (Å²) in [5, 5.41) is 10.7. The number of guanidine groups is 1. The first-order valence-corrected chi connectivity index (χ1v) is 11.0. The van der Waals surface area contributed by atoms with Crippen LogP contribution in [0.5, 0.6) is 0 Å². The molecule has 0 radical (unpaired) electrons. The van der Waals surface area contributed by atoms with Gasteiger partial charge in [0.1, 0.15) is 11.1 Å². The van der Waals surface area contributed by atoms with Gasteiger partial charge in [-0.15, -0.1) is 11.3 Å². The Hall–Kier alpha value is -2.71. The Labute approximate surface area is 182 Å². The van der Waals surface area contributed by atoms with E-state index in [4.69, 9.17) is 9.73 Å². The third-order valence-corrected chi connectivity index (χ3v) is 5.79. The zero-order chi connectivity index (χ0) is 21.3. The molecule has 8 heteroatoms.